The Kier molecular flexibility index (Phi) is 3.61. The number of aryl methyl sites for hydroxylation is 1. The van der Waals surface area contributed by atoms with E-state index in [4.69, 9.17) is 0 Å². The lowest BCUT2D eigenvalue weighted by molar-refractivity contribution is 0.215. The van der Waals surface area contributed by atoms with Gasteiger partial charge in [0.05, 0.1) is 17.4 Å². The minimum absolute atomic E-state index is 0.00697. The van der Waals surface area contributed by atoms with Crippen LogP contribution < -0.4 is 5.56 Å². The van der Waals surface area contributed by atoms with Gasteiger partial charge in [-0.2, -0.15) is 0 Å². The zero-order chi connectivity index (χ0) is 15.8. The Morgan fingerprint density at radius 3 is 2.65 bits per heavy atom. The predicted octanol–water partition coefficient (Wildman–Crippen LogP) is 2.05. The smallest absolute Gasteiger partial charge is 0.262 e. The molecular weight excluding hydrogens is 290 g/mol. The van der Waals surface area contributed by atoms with Crippen LogP contribution in [0.4, 0.5) is 0 Å². The molecule has 0 amide bonds. The maximum atomic E-state index is 12.6. The van der Waals surface area contributed by atoms with E-state index in [1.165, 1.54) is 19.3 Å². The van der Waals surface area contributed by atoms with Gasteiger partial charge in [0.2, 0.25) is 5.78 Å². The SMILES string of the molecule is CCn1c(=O)c2ccccc2n2c(CN3CCCCC3)nnc12. The van der Waals surface area contributed by atoms with Gasteiger partial charge in [-0.15, -0.1) is 10.2 Å². The van der Waals surface area contributed by atoms with E-state index < -0.39 is 0 Å². The van der Waals surface area contributed by atoms with Crippen LogP contribution in [-0.2, 0) is 13.1 Å². The van der Waals surface area contributed by atoms with Gasteiger partial charge in [-0.25, -0.2) is 0 Å². The number of aromatic nitrogens is 4. The zero-order valence-corrected chi connectivity index (χ0v) is 13.4. The number of piperidine rings is 1. The number of likely N-dealkylation sites (tertiary alicyclic amines) is 1. The third kappa shape index (κ3) is 2.34. The number of hydrogen-bond donors (Lipinski definition) is 0. The van der Waals surface area contributed by atoms with Crippen LogP contribution in [0.3, 0.4) is 0 Å². The molecule has 0 bridgehead atoms. The molecule has 0 spiro atoms. The molecule has 1 fully saturated rings. The molecule has 0 aliphatic carbocycles. The van der Waals surface area contributed by atoms with Crippen LogP contribution in [0.25, 0.3) is 16.7 Å². The van der Waals surface area contributed by atoms with Crippen molar-refractivity contribution in [1.82, 2.24) is 24.1 Å². The summed E-state index contributed by atoms with van der Waals surface area (Å²) >= 11 is 0. The first-order valence-electron chi connectivity index (χ1n) is 8.37. The van der Waals surface area contributed by atoms with E-state index in [9.17, 15) is 4.79 Å². The first kappa shape index (κ1) is 14.4. The molecular formula is C17H21N5O. The third-order valence-electron chi connectivity index (χ3n) is 4.70. The minimum atomic E-state index is 0.00697. The Morgan fingerprint density at radius 1 is 1.09 bits per heavy atom. The van der Waals surface area contributed by atoms with E-state index in [-0.39, 0.29) is 5.56 Å². The van der Waals surface area contributed by atoms with Crippen molar-refractivity contribution in [3.63, 3.8) is 0 Å². The molecule has 2 aromatic heterocycles. The van der Waals surface area contributed by atoms with Crippen molar-refractivity contribution >= 4 is 16.7 Å². The Labute approximate surface area is 134 Å². The van der Waals surface area contributed by atoms with E-state index in [2.05, 4.69) is 19.5 Å². The van der Waals surface area contributed by atoms with Crippen molar-refractivity contribution < 1.29 is 0 Å². The molecule has 0 radical (unpaired) electrons. The molecule has 6 nitrogen and oxygen atoms in total. The minimum Gasteiger partial charge on any atom is -0.296 e. The number of nitrogens with zero attached hydrogens (tertiary/aromatic N) is 5. The van der Waals surface area contributed by atoms with Crippen molar-refractivity contribution in [2.75, 3.05) is 13.1 Å². The monoisotopic (exact) mass is 311 g/mol. The van der Waals surface area contributed by atoms with Crippen LogP contribution in [-0.4, -0.2) is 37.2 Å². The van der Waals surface area contributed by atoms with E-state index >= 15 is 0 Å². The molecule has 3 heterocycles. The number of para-hydroxylation sites is 1. The molecule has 1 aliphatic heterocycles. The highest BCUT2D eigenvalue weighted by atomic mass is 16.1. The second kappa shape index (κ2) is 5.77. The Bertz CT molecular complexity index is 904. The first-order chi connectivity index (χ1) is 11.3. The summed E-state index contributed by atoms with van der Waals surface area (Å²) in [5, 5.41) is 9.44. The second-order valence-electron chi connectivity index (χ2n) is 6.16. The van der Waals surface area contributed by atoms with Crippen LogP contribution in [0.1, 0.15) is 32.0 Å². The summed E-state index contributed by atoms with van der Waals surface area (Å²) in [6.07, 6.45) is 3.81. The molecule has 0 atom stereocenters. The average Bonchev–Trinajstić information content (AvgIpc) is 3.00. The molecule has 4 rings (SSSR count). The van der Waals surface area contributed by atoms with Gasteiger partial charge in [0.25, 0.3) is 5.56 Å². The molecule has 23 heavy (non-hydrogen) atoms. The summed E-state index contributed by atoms with van der Waals surface area (Å²) in [4.78, 5) is 15.1. The highest BCUT2D eigenvalue weighted by Gasteiger charge is 2.18. The van der Waals surface area contributed by atoms with Crippen molar-refractivity contribution in [2.45, 2.75) is 39.3 Å². The fourth-order valence-corrected chi connectivity index (χ4v) is 3.52. The number of fused-ring (bicyclic) bond motifs is 3. The quantitative estimate of drug-likeness (QED) is 0.743. The number of rotatable bonds is 3. The van der Waals surface area contributed by atoms with Crippen LogP contribution in [0.15, 0.2) is 29.1 Å². The first-order valence-corrected chi connectivity index (χ1v) is 8.37. The molecule has 3 aromatic rings. The van der Waals surface area contributed by atoms with Gasteiger partial charge in [-0.3, -0.25) is 18.7 Å². The normalized spacial score (nSPS) is 16.4. The van der Waals surface area contributed by atoms with Crippen molar-refractivity contribution in [3.05, 3.63) is 40.4 Å². The molecule has 0 N–H and O–H groups in total. The van der Waals surface area contributed by atoms with Crippen molar-refractivity contribution in [2.24, 2.45) is 0 Å². The van der Waals surface area contributed by atoms with Gasteiger partial charge in [-0.05, 0) is 45.0 Å². The molecule has 1 aliphatic rings. The maximum Gasteiger partial charge on any atom is 0.262 e. The molecule has 0 saturated carbocycles. The molecule has 6 heteroatoms. The predicted molar refractivity (Wildman–Crippen MR) is 89.6 cm³/mol. The van der Waals surface area contributed by atoms with Crippen molar-refractivity contribution in [3.8, 4) is 0 Å². The summed E-state index contributed by atoms with van der Waals surface area (Å²) in [5.41, 5.74) is 0.904. The summed E-state index contributed by atoms with van der Waals surface area (Å²) in [7, 11) is 0. The lowest BCUT2D eigenvalue weighted by Gasteiger charge is -2.25. The summed E-state index contributed by atoms with van der Waals surface area (Å²) < 4.78 is 3.75. The Morgan fingerprint density at radius 2 is 1.87 bits per heavy atom. The molecule has 120 valence electrons. The molecule has 1 saturated heterocycles. The van der Waals surface area contributed by atoms with Crippen LogP contribution >= 0.6 is 0 Å². The highest BCUT2D eigenvalue weighted by molar-refractivity contribution is 5.80. The van der Waals surface area contributed by atoms with E-state index in [1.54, 1.807) is 4.57 Å². The van der Waals surface area contributed by atoms with E-state index in [1.807, 2.05) is 31.2 Å². The number of hydrogen-bond acceptors (Lipinski definition) is 4. The van der Waals surface area contributed by atoms with Crippen LogP contribution in [0.5, 0.6) is 0 Å². The van der Waals surface area contributed by atoms with Crippen LogP contribution in [0, 0.1) is 0 Å². The summed E-state index contributed by atoms with van der Waals surface area (Å²) in [6, 6.07) is 7.73. The molecule has 1 aromatic carbocycles. The fourth-order valence-electron chi connectivity index (χ4n) is 3.52. The Balaban J connectivity index is 1.92. The van der Waals surface area contributed by atoms with Gasteiger partial charge in [0.15, 0.2) is 5.82 Å². The number of benzene rings is 1. The zero-order valence-electron chi connectivity index (χ0n) is 13.4. The average molecular weight is 311 g/mol. The summed E-state index contributed by atoms with van der Waals surface area (Å²) in [6.45, 7) is 5.57. The van der Waals surface area contributed by atoms with E-state index in [0.29, 0.717) is 12.3 Å². The van der Waals surface area contributed by atoms with Crippen LogP contribution in [0.2, 0.25) is 0 Å². The second-order valence-corrected chi connectivity index (χ2v) is 6.16. The van der Waals surface area contributed by atoms with Gasteiger partial charge in [-0.1, -0.05) is 18.6 Å². The van der Waals surface area contributed by atoms with E-state index in [0.717, 1.165) is 36.4 Å². The van der Waals surface area contributed by atoms with Gasteiger partial charge in [0.1, 0.15) is 0 Å². The fraction of sp³-hybridized carbons (Fsp3) is 0.471. The summed E-state index contributed by atoms with van der Waals surface area (Å²) in [5.74, 6) is 1.56. The largest absolute Gasteiger partial charge is 0.296 e. The van der Waals surface area contributed by atoms with Crippen molar-refractivity contribution in [1.29, 1.82) is 0 Å². The topological polar surface area (TPSA) is 55.4 Å². The van der Waals surface area contributed by atoms with Gasteiger partial charge in [0, 0.05) is 6.54 Å². The lowest BCUT2D eigenvalue weighted by Crippen LogP contribution is -2.30. The van der Waals surface area contributed by atoms with Gasteiger partial charge < -0.3 is 0 Å². The lowest BCUT2D eigenvalue weighted by atomic mass is 10.1. The molecule has 0 unspecified atom stereocenters. The highest BCUT2D eigenvalue weighted by Crippen LogP contribution is 2.17. The third-order valence-corrected chi connectivity index (χ3v) is 4.70. The Hall–Kier alpha value is -2.21. The maximum absolute atomic E-state index is 12.6. The van der Waals surface area contributed by atoms with Gasteiger partial charge >= 0.3 is 0 Å². The standard InChI is InChI=1S/C17H21N5O/c1-2-21-16(23)13-8-4-5-9-14(13)22-15(18-19-17(21)22)12-20-10-6-3-7-11-20/h4-5,8-9H,2-3,6-7,10-12H2,1H3.